The Balaban J connectivity index is 2.58. The van der Waals surface area contributed by atoms with Gasteiger partial charge in [-0.2, -0.15) is 0 Å². The first-order valence-corrected chi connectivity index (χ1v) is 4.97. The van der Waals surface area contributed by atoms with Gasteiger partial charge in [-0.15, -0.1) is 0 Å². The first kappa shape index (κ1) is 12.3. The minimum atomic E-state index is -0.866. The number of nitrogens with one attached hydrogen (secondary N) is 1. The number of benzene rings is 1. The Morgan fingerprint density at radius 1 is 1.44 bits per heavy atom. The Morgan fingerprint density at radius 2 is 2.12 bits per heavy atom. The van der Waals surface area contributed by atoms with Crippen LogP contribution in [0.5, 0.6) is 11.5 Å². The molecule has 1 unspecified atom stereocenters. The van der Waals surface area contributed by atoms with E-state index in [0.29, 0.717) is 12.1 Å². The molecule has 1 aromatic rings. The van der Waals surface area contributed by atoms with E-state index in [4.69, 9.17) is 10.2 Å². The van der Waals surface area contributed by atoms with Crippen molar-refractivity contribution in [3.8, 4) is 11.5 Å². The van der Waals surface area contributed by atoms with Gasteiger partial charge in [-0.05, 0) is 13.0 Å². The number of aliphatic carboxylic acids is 1. The summed E-state index contributed by atoms with van der Waals surface area (Å²) in [6, 6.07) is 4.16. The third-order valence-electron chi connectivity index (χ3n) is 2.27. The zero-order chi connectivity index (χ0) is 12.1. The number of phenols is 2. The fraction of sp³-hybridized carbons (Fsp3) is 0.364. The molecule has 0 bridgehead atoms. The standard InChI is InChI=1S/C11H15NO4/c1-7(12-5-4-11(15)16)9-3-2-8(13)6-10(9)14/h2-3,6-7,12-14H,4-5H2,1H3,(H,15,16). The first-order chi connectivity index (χ1) is 7.50. The van der Waals surface area contributed by atoms with Crippen LogP contribution in [0.1, 0.15) is 24.9 Å². The second-order valence-corrected chi connectivity index (χ2v) is 3.56. The molecule has 88 valence electrons. The zero-order valence-electron chi connectivity index (χ0n) is 8.97. The summed E-state index contributed by atoms with van der Waals surface area (Å²) in [5.74, 6) is -0.871. The minimum Gasteiger partial charge on any atom is -0.508 e. The minimum absolute atomic E-state index is 0.000939. The molecule has 1 atom stereocenters. The average Bonchev–Trinajstić information content (AvgIpc) is 2.16. The molecular formula is C11H15NO4. The highest BCUT2D eigenvalue weighted by Crippen LogP contribution is 2.27. The van der Waals surface area contributed by atoms with E-state index in [0.717, 1.165) is 0 Å². The predicted octanol–water partition coefficient (Wildman–Crippen LogP) is 1.22. The van der Waals surface area contributed by atoms with Crippen molar-refractivity contribution in [1.82, 2.24) is 5.32 Å². The summed E-state index contributed by atoms with van der Waals surface area (Å²) < 4.78 is 0. The predicted molar refractivity (Wildman–Crippen MR) is 58.4 cm³/mol. The van der Waals surface area contributed by atoms with Gasteiger partial charge in [0, 0.05) is 24.2 Å². The van der Waals surface area contributed by atoms with Crippen LogP contribution in [-0.4, -0.2) is 27.8 Å². The lowest BCUT2D eigenvalue weighted by Crippen LogP contribution is -2.21. The van der Waals surface area contributed by atoms with Crippen LogP contribution in [0.2, 0.25) is 0 Å². The molecule has 0 aliphatic heterocycles. The van der Waals surface area contributed by atoms with Crippen LogP contribution >= 0.6 is 0 Å². The fourth-order valence-electron chi connectivity index (χ4n) is 1.40. The van der Waals surface area contributed by atoms with Gasteiger partial charge >= 0.3 is 5.97 Å². The maximum Gasteiger partial charge on any atom is 0.304 e. The van der Waals surface area contributed by atoms with Crippen molar-refractivity contribution >= 4 is 5.97 Å². The van der Waals surface area contributed by atoms with Crippen LogP contribution in [0.3, 0.4) is 0 Å². The third kappa shape index (κ3) is 3.43. The van der Waals surface area contributed by atoms with Gasteiger partial charge in [0.2, 0.25) is 0 Å². The molecular weight excluding hydrogens is 210 g/mol. The molecule has 16 heavy (non-hydrogen) atoms. The van der Waals surface area contributed by atoms with Gasteiger partial charge in [-0.1, -0.05) is 6.07 Å². The number of hydrogen-bond acceptors (Lipinski definition) is 4. The number of phenolic OH excluding ortho intramolecular Hbond substituents is 2. The summed E-state index contributed by atoms with van der Waals surface area (Å²) in [4.78, 5) is 10.3. The van der Waals surface area contributed by atoms with E-state index in [-0.39, 0.29) is 24.0 Å². The van der Waals surface area contributed by atoms with Crippen molar-refractivity contribution in [1.29, 1.82) is 0 Å². The zero-order valence-corrected chi connectivity index (χ0v) is 8.97. The van der Waals surface area contributed by atoms with Crippen LogP contribution in [0.4, 0.5) is 0 Å². The normalized spacial score (nSPS) is 12.3. The molecule has 0 spiro atoms. The Bertz CT molecular complexity index is 378. The molecule has 0 amide bonds. The van der Waals surface area contributed by atoms with Crippen molar-refractivity contribution in [3.63, 3.8) is 0 Å². The number of rotatable bonds is 5. The highest BCUT2D eigenvalue weighted by atomic mass is 16.4. The van der Waals surface area contributed by atoms with E-state index in [1.807, 2.05) is 6.92 Å². The van der Waals surface area contributed by atoms with E-state index in [1.54, 1.807) is 6.07 Å². The molecule has 4 N–H and O–H groups in total. The van der Waals surface area contributed by atoms with Gasteiger partial charge in [-0.25, -0.2) is 0 Å². The lowest BCUT2D eigenvalue weighted by Gasteiger charge is -2.14. The van der Waals surface area contributed by atoms with Crippen molar-refractivity contribution < 1.29 is 20.1 Å². The van der Waals surface area contributed by atoms with Gasteiger partial charge in [0.15, 0.2) is 0 Å². The van der Waals surface area contributed by atoms with Gasteiger partial charge in [0.05, 0.1) is 6.42 Å². The number of carbonyl (C=O) groups is 1. The highest BCUT2D eigenvalue weighted by molar-refractivity contribution is 5.66. The summed E-state index contributed by atoms with van der Waals surface area (Å²) in [5.41, 5.74) is 0.628. The Hall–Kier alpha value is -1.75. The maximum atomic E-state index is 10.3. The molecule has 5 heteroatoms. The Kier molecular flexibility index (Phi) is 4.13. The highest BCUT2D eigenvalue weighted by Gasteiger charge is 2.10. The van der Waals surface area contributed by atoms with Crippen LogP contribution in [-0.2, 0) is 4.79 Å². The third-order valence-corrected chi connectivity index (χ3v) is 2.27. The molecule has 1 rings (SSSR count). The van der Waals surface area contributed by atoms with E-state index in [1.165, 1.54) is 12.1 Å². The maximum absolute atomic E-state index is 10.3. The molecule has 0 radical (unpaired) electrons. The monoisotopic (exact) mass is 225 g/mol. The molecule has 0 aliphatic carbocycles. The second kappa shape index (κ2) is 5.37. The van der Waals surface area contributed by atoms with Crippen molar-refractivity contribution in [2.45, 2.75) is 19.4 Å². The molecule has 0 aliphatic rings. The molecule has 0 heterocycles. The SMILES string of the molecule is CC(NCCC(=O)O)c1ccc(O)cc1O. The molecule has 0 saturated carbocycles. The second-order valence-electron chi connectivity index (χ2n) is 3.56. The van der Waals surface area contributed by atoms with Gasteiger partial charge < -0.3 is 20.6 Å². The summed E-state index contributed by atoms with van der Waals surface area (Å²) >= 11 is 0. The van der Waals surface area contributed by atoms with Gasteiger partial charge in [0.25, 0.3) is 0 Å². The molecule has 0 aromatic heterocycles. The quantitative estimate of drug-likeness (QED) is 0.605. The summed E-state index contributed by atoms with van der Waals surface area (Å²) in [7, 11) is 0. The largest absolute Gasteiger partial charge is 0.508 e. The van der Waals surface area contributed by atoms with Crippen molar-refractivity contribution in [2.24, 2.45) is 0 Å². The summed E-state index contributed by atoms with van der Waals surface area (Å²) in [6.07, 6.45) is 0.0309. The molecule has 0 fully saturated rings. The van der Waals surface area contributed by atoms with Crippen LogP contribution in [0, 0.1) is 0 Å². The lowest BCUT2D eigenvalue weighted by atomic mass is 10.1. The average molecular weight is 225 g/mol. The molecule has 0 saturated heterocycles. The van der Waals surface area contributed by atoms with Gasteiger partial charge in [-0.3, -0.25) is 4.79 Å². The van der Waals surface area contributed by atoms with Crippen LogP contribution in [0.15, 0.2) is 18.2 Å². The fourth-order valence-corrected chi connectivity index (χ4v) is 1.40. The number of hydrogen-bond donors (Lipinski definition) is 4. The molecule has 1 aromatic carbocycles. The van der Waals surface area contributed by atoms with E-state index in [2.05, 4.69) is 5.32 Å². The van der Waals surface area contributed by atoms with Crippen molar-refractivity contribution in [2.75, 3.05) is 6.54 Å². The van der Waals surface area contributed by atoms with Gasteiger partial charge in [0.1, 0.15) is 11.5 Å². The number of carboxylic acids is 1. The topological polar surface area (TPSA) is 89.8 Å². The Morgan fingerprint density at radius 3 is 2.69 bits per heavy atom. The van der Waals surface area contributed by atoms with Crippen LogP contribution in [0.25, 0.3) is 0 Å². The Labute approximate surface area is 93.4 Å². The molecule has 5 nitrogen and oxygen atoms in total. The number of aromatic hydroxyl groups is 2. The van der Waals surface area contributed by atoms with Crippen LogP contribution < -0.4 is 5.32 Å². The van der Waals surface area contributed by atoms with E-state index >= 15 is 0 Å². The lowest BCUT2D eigenvalue weighted by molar-refractivity contribution is -0.136. The summed E-state index contributed by atoms with van der Waals surface area (Å²) in [6.45, 7) is 2.14. The smallest absolute Gasteiger partial charge is 0.304 e. The van der Waals surface area contributed by atoms with E-state index < -0.39 is 5.97 Å². The first-order valence-electron chi connectivity index (χ1n) is 4.97. The van der Waals surface area contributed by atoms with E-state index in [9.17, 15) is 9.90 Å². The van der Waals surface area contributed by atoms with Crippen molar-refractivity contribution in [3.05, 3.63) is 23.8 Å². The summed E-state index contributed by atoms with van der Waals surface area (Å²) in [5, 5.41) is 30.1. The number of carboxylic acid groups (broad SMARTS) is 1.